The Morgan fingerprint density at radius 3 is 2.32 bits per heavy atom. The number of ketones is 1. The van der Waals surface area contributed by atoms with Crippen LogP contribution in [0.1, 0.15) is 38.8 Å². The summed E-state index contributed by atoms with van der Waals surface area (Å²) in [5.41, 5.74) is 0.819. The summed E-state index contributed by atoms with van der Waals surface area (Å²) in [6, 6.07) is 8.45. The minimum absolute atomic E-state index is 0.0416. The topological polar surface area (TPSA) is 58.2 Å². The summed E-state index contributed by atoms with van der Waals surface area (Å²) >= 11 is 0. The van der Waals surface area contributed by atoms with Gasteiger partial charge in [0, 0.05) is 12.5 Å². The van der Waals surface area contributed by atoms with Gasteiger partial charge in [-0.1, -0.05) is 44.2 Å². The summed E-state index contributed by atoms with van der Waals surface area (Å²) < 4.78 is 0. The normalized spacial score (nSPS) is 13.4. The molecule has 1 aromatic carbocycles. The van der Waals surface area contributed by atoms with Gasteiger partial charge in [0.1, 0.15) is 6.04 Å². The molecule has 104 valence electrons. The van der Waals surface area contributed by atoms with Crippen molar-refractivity contribution in [2.24, 2.45) is 5.92 Å². The predicted molar refractivity (Wildman–Crippen MR) is 75.9 cm³/mol. The SMILES string of the molecule is CCNC(=O)N[C@@H](C(=O)C(C)CC)c1ccccc1. The number of Topliss-reactive ketones (excluding diaryl/α,β-unsaturated/α-hetero) is 1. The van der Waals surface area contributed by atoms with Crippen molar-refractivity contribution in [3.63, 3.8) is 0 Å². The monoisotopic (exact) mass is 262 g/mol. The molecule has 1 aromatic rings. The van der Waals surface area contributed by atoms with E-state index in [1.54, 1.807) is 0 Å². The van der Waals surface area contributed by atoms with Crippen LogP contribution in [0.5, 0.6) is 0 Å². The molecule has 0 saturated heterocycles. The van der Waals surface area contributed by atoms with Crippen molar-refractivity contribution in [3.05, 3.63) is 35.9 Å². The molecule has 0 radical (unpaired) electrons. The fraction of sp³-hybridized carbons (Fsp3) is 0.467. The minimum Gasteiger partial charge on any atom is -0.338 e. The average molecular weight is 262 g/mol. The van der Waals surface area contributed by atoms with Crippen molar-refractivity contribution < 1.29 is 9.59 Å². The molecule has 2 atom stereocenters. The lowest BCUT2D eigenvalue weighted by molar-refractivity contribution is -0.124. The van der Waals surface area contributed by atoms with Gasteiger partial charge in [-0.3, -0.25) is 4.79 Å². The zero-order chi connectivity index (χ0) is 14.3. The van der Waals surface area contributed by atoms with Crippen molar-refractivity contribution in [2.45, 2.75) is 33.2 Å². The molecule has 4 nitrogen and oxygen atoms in total. The Morgan fingerprint density at radius 2 is 1.79 bits per heavy atom. The minimum atomic E-state index is -0.581. The van der Waals surface area contributed by atoms with Gasteiger partial charge >= 0.3 is 6.03 Å². The second-order valence-corrected chi connectivity index (χ2v) is 4.56. The Hall–Kier alpha value is -1.84. The smallest absolute Gasteiger partial charge is 0.315 e. The van der Waals surface area contributed by atoms with Gasteiger partial charge in [-0.2, -0.15) is 0 Å². The molecule has 1 unspecified atom stereocenters. The summed E-state index contributed by atoms with van der Waals surface area (Å²) in [5, 5.41) is 5.40. The lowest BCUT2D eigenvalue weighted by Gasteiger charge is -2.21. The molecule has 0 bridgehead atoms. The van der Waals surface area contributed by atoms with E-state index in [-0.39, 0.29) is 17.7 Å². The van der Waals surface area contributed by atoms with Crippen molar-refractivity contribution in [2.75, 3.05) is 6.54 Å². The van der Waals surface area contributed by atoms with E-state index in [9.17, 15) is 9.59 Å². The van der Waals surface area contributed by atoms with Crippen LogP contribution in [0.25, 0.3) is 0 Å². The van der Waals surface area contributed by atoms with Crippen molar-refractivity contribution in [3.8, 4) is 0 Å². The zero-order valence-corrected chi connectivity index (χ0v) is 11.8. The Morgan fingerprint density at radius 1 is 1.16 bits per heavy atom. The van der Waals surface area contributed by atoms with Gasteiger partial charge in [-0.25, -0.2) is 4.79 Å². The van der Waals surface area contributed by atoms with Crippen LogP contribution in [0.3, 0.4) is 0 Å². The summed E-state index contributed by atoms with van der Waals surface area (Å²) in [5.74, 6) is -0.0351. The van der Waals surface area contributed by atoms with E-state index in [4.69, 9.17) is 0 Å². The van der Waals surface area contributed by atoms with Crippen LogP contribution in [-0.4, -0.2) is 18.4 Å². The highest BCUT2D eigenvalue weighted by Gasteiger charge is 2.25. The van der Waals surface area contributed by atoms with E-state index in [0.29, 0.717) is 6.54 Å². The highest BCUT2D eigenvalue weighted by atomic mass is 16.2. The third-order valence-electron chi connectivity index (χ3n) is 3.13. The standard InChI is InChI=1S/C15H22N2O2/c1-4-11(3)14(18)13(17-15(19)16-5-2)12-9-7-6-8-10-12/h6-11,13H,4-5H2,1-3H3,(H2,16,17,19)/t11?,13-/m1/s1. The fourth-order valence-electron chi connectivity index (χ4n) is 1.79. The van der Waals surface area contributed by atoms with Gasteiger partial charge < -0.3 is 10.6 Å². The van der Waals surface area contributed by atoms with E-state index in [2.05, 4.69) is 10.6 Å². The molecule has 0 spiro atoms. The summed E-state index contributed by atoms with van der Waals surface area (Å²) in [6.07, 6.45) is 0.763. The number of benzene rings is 1. The van der Waals surface area contributed by atoms with E-state index in [1.807, 2.05) is 51.1 Å². The Bertz CT molecular complexity index is 417. The molecule has 0 fully saturated rings. The molecule has 0 aromatic heterocycles. The lowest BCUT2D eigenvalue weighted by atomic mass is 9.93. The maximum atomic E-state index is 12.4. The summed E-state index contributed by atoms with van der Waals surface area (Å²) in [7, 11) is 0. The molecule has 0 saturated carbocycles. The molecule has 19 heavy (non-hydrogen) atoms. The van der Waals surface area contributed by atoms with E-state index < -0.39 is 6.04 Å². The number of urea groups is 1. The molecule has 0 heterocycles. The second kappa shape index (κ2) is 7.56. The van der Waals surface area contributed by atoms with Gasteiger partial charge in [-0.05, 0) is 18.9 Å². The quantitative estimate of drug-likeness (QED) is 0.828. The second-order valence-electron chi connectivity index (χ2n) is 4.56. The molecule has 0 aliphatic carbocycles. The molecule has 2 N–H and O–H groups in total. The Balaban J connectivity index is 2.91. The van der Waals surface area contributed by atoms with Gasteiger partial charge in [0.05, 0.1) is 0 Å². The first-order valence-corrected chi connectivity index (χ1v) is 6.73. The van der Waals surface area contributed by atoms with Crippen LogP contribution in [0.2, 0.25) is 0 Å². The van der Waals surface area contributed by atoms with Crippen LogP contribution >= 0.6 is 0 Å². The molecule has 2 amide bonds. The summed E-state index contributed by atoms with van der Waals surface area (Å²) in [6.45, 7) is 6.23. The van der Waals surface area contributed by atoms with Crippen LogP contribution in [0.4, 0.5) is 4.79 Å². The first kappa shape index (κ1) is 15.2. The highest BCUT2D eigenvalue weighted by Crippen LogP contribution is 2.19. The number of amides is 2. The largest absolute Gasteiger partial charge is 0.338 e. The summed E-state index contributed by atoms with van der Waals surface area (Å²) in [4.78, 5) is 24.0. The number of carbonyl (C=O) groups excluding carboxylic acids is 2. The molecular formula is C15H22N2O2. The molecule has 0 aliphatic heterocycles. The third-order valence-corrected chi connectivity index (χ3v) is 3.13. The molecular weight excluding hydrogens is 240 g/mol. The van der Waals surface area contributed by atoms with Crippen LogP contribution in [0.15, 0.2) is 30.3 Å². The Kier molecular flexibility index (Phi) is 6.06. The van der Waals surface area contributed by atoms with Gasteiger partial charge in [0.2, 0.25) is 0 Å². The van der Waals surface area contributed by atoms with Gasteiger partial charge in [0.25, 0.3) is 0 Å². The average Bonchev–Trinajstić information content (AvgIpc) is 2.44. The van der Waals surface area contributed by atoms with Crippen LogP contribution in [0, 0.1) is 5.92 Å². The van der Waals surface area contributed by atoms with Crippen molar-refractivity contribution >= 4 is 11.8 Å². The van der Waals surface area contributed by atoms with E-state index in [1.165, 1.54) is 0 Å². The fourth-order valence-corrected chi connectivity index (χ4v) is 1.79. The van der Waals surface area contributed by atoms with E-state index in [0.717, 1.165) is 12.0 Å². The molecule has 4 heteroatoms. The first-order chi connectivity index (χ1) is 9.10. The molecule has 1 rings (SSSR count). The number of hydrogen-bond donors (Lipinski definition) is 2. The number of hydrogen-bond acceptors (Lipinski definition) is 2. The van der Waals surface area contributed by atoms with E-state index >= 15 is 0 Å². The molecule has 0 aliphatic rings. The third kappa shape index (κ3) is 4.39. The number of carbonyl (C=O) groups is 2. The van der Waals surface area contributed by atoms with Crippen molar-refractivity contribution in [1.82, 2.24) is 10.6 Å². The van der Waals surface area contributed by atoms with Gasteiger partial charge in [0.15, 0.2) is 5.78 Å². The number of rotatable bonds is 6. The van der Waals surface area contributed by atoms with Crippen molar-refractivity contribution in [1.29, 1.82) is 0 Å². The maximum Gasteiger partial charge on any atom is 0.315 e. The predicted octanol–water partition coefficient (Wildman–Crippen LogP) is 2.66. The lowest BCUT2D eigenvalue weighted by Crippen LogP contribution is -2.42. The van der Waals surface area contributed by atoms with Gasteiger partial charge in [-0.15, -0.1) is 0 Å². The zero-order valence-electron chi connectivity index (χ0n) is 11.8. The number of nitrogens with one attached hydrogen (secondary N) is 2. The maximum absolute atomic E-state index is 12.4. The van der Waals surface area contributed by atoms with Crippen LogP contribution in [-0.2, 0) is 4.79 Å². The highest BCUT2D eigenvalue weighted by molar-refractivity contribution is 5.90. The van der Waals surface area contributed by atoms with Crippen LogP contribution < -0.4 is 10.6 Å². The first-order valence-electron chi connectivity index (χ1n) is 6.73. The Labute approximate surface area is 114 Å².